The Bertz CT molecular complexity index is 951. The lowest BCUT2D eigenvalue weighted by atomic mass is 9.94. The Balaban J connectivity index is 1.21. The van der Waals surface area contributed by atoms with Crippen LogP contribution in [0, 0.1) is 5.92 Å². The van der Waals surface area contributed by atoms with Gasteiger partial charge in [-0.05, 0) is 56.0 Å². The second kappa shape index (κ2) is 12.7. The van der Waals surface area contributed by atoms with Crippen molar-refractivity contribution >= 4 is 11.8 Å². The van der Waals surface area contributed by atoms with Crippen LogP contribution < -0.4 is 10.1 Å². The highest BCUT2D eigenvalue weighted by atomic mass is 16.5. The zero-order chi connectivity index (χ0) is 24.5. The van der Waals surface area contributed by atoms with Gasteiger partial charge in [0.25, 0.3) is 5.91 Å². The van der Waals surface area contributed by atoms with E-state index < -0.39 is 0 Å². The average Bonchev–Trinajstić information content (AvgIpc) is 2.92. The lowest BCUT2D eigenvalue weighted by Crippen LogP contribution is -2.44. The molecule has 2 aliphatic rings. The van der Waals surface area contributed by atoms with Crippen LogP contribution in [-0.2, 0) is 22.7 Å². The third-order valence-corrected chi connectivity index (χ3v) is 7.51. The van der Waals surface area contributed by atoms with Crippen LogP contribution in [0.4, 0.5) is 0 Å². The molecular formula is C29H39N3O3. The first-order valence-electron chi connectivity index (χ1n) is 13.1. The summed E-state index contributed by atoms with van der Waals surface area (Å²) in [5.74, 6) is 0.711. The van der Waals surface area contributed by atoms with Gasteiger partial charge in [0, 0.05) is 38.1 Å². The van der Waals surface area contributed by atoms with Crippen molar-refractivity contribution in [1.29, 1.82) is 0 Å². The van der Waals surface area contributed by atoms with Crippen LogP contribution in [0.5, 0.6) is 5.75 Å². The number of carbonyl (C=O) groups excluding carboxylic acids is 2. The molecule has 188 valence electrons. The van der Waals surface area contributed by atoms with Crippen LogP contribution in [0.2, 0.25) is 0 Å². The van der Waals surface area contributed by atoms with Crippen LogP contribution in [0.1, 0.15) is 56.1 Å². The minimum atomic E-state index is -0.0498. The molecule has 0 atom stereocenters. The Kier molecular flexibility index (Phi) is 9.18. The molecule has 1 N–H and O–H groups in total. The van der Waals surface area contributed by atoms with E-state index in [4.69, 9.17) is 4.74 Å². The van der Waals surface area contributed by atoms with E-state index >= 15 is 0 Å². The van der Waals surface area contributed by atoms with Crippen molar-refractivity contribution in [3.8, 4) is 5.75 Å². The van der Waals surface area contributed by atoms with Crippen molar-refractivity contribution in [2.24, 2.45) is 5.92 Å². The molecule has 0 radical (unpaired) electrons. The molecule has 2 amide bonds. The van der Waals surface area contributed by atoms with Gasteiger partial charge in [-0.15, -0.1) is 0 Å². The fraction of sp³-hybridized carbons (Fsp3) is 0.517. The topological polar surface area (TPSA) is 61.9 Å². The van der Waals surface area contributed by atoms with Crippen LogP contribution in [0.15, 0.2) is 54.6 Å². The van der Waals surface area contributed by atoms with Gasteiger partial charge in [-0.3, -0.25) is 14.5 Å². The fourth-order valence-corrected chi connectivity index (χ4v) is 5.27. The van der Waals surface area contributed by atoms with Crippen LogP contribution in [0.25, 0.3) is 0 Å². The molecule has 1 saturated carbocycles. The molecule has 6 nitrogen and oxygen atoms in total. The van der Waals surface area contributed by atoms with Gasteiger partial charge >= 0.3 is 0 Å². The van der Waals surface area contributed by atoms with Crippen molar-refractivity contribution in [2.45, 2.75) is 64.1 Å². The summed E-state index contributed by atoms with van der Waals surface area (Å²) in [6, 6.07) is 18.5. The van der Waals surface area contributed by atoms with Crippen LogP contribution >= 0.6 is 0 Å². The lowest BCUT2D eigenvalue weighted by Gasteiger charge is -2.32. The highest BCUT2D eigenvalue weighted by molar-refractivity contribution is 5.80. The second-order valence-electron chi connectivity index (χ2n) is 9.95. The maximum Gasteiger partial charge on any atom is 0.260 e. The standard InChI is InChI=1S/C29H39N3O3/c1-31(26-12-4-2-5-13-26)21-25-11-9-8-10-24(25)20-30-29(34)23-16-18-32(19-17-23)28(33)22-35-27-14-6-3-7-15-27/h3,6-11,14-15,23,26H,2,4-5,12-13,16-22H2,1H3,(H,30,34). The molecule has 1 heterocycles. The van der Waals surface area contributed by atoms with E-state index in [1.54, 1.807) is 0 Å². The Morgan fingerprint density at radius 1 is 0.914 bits per heavy atom. The molecular weight excluding hydrogens is 438 g/mol. The van der Waals surface area contributed by atoms with Crippen molar-refractivity contribution < 1.29 is 14.3 Å². The molecule has 1 aliphatic heterocycles. The maximum atomic E-state index is 12.9. The summed E-state index contributed by atoms with van der Waals surface area (Å²) in [5, 5.41) is 3.17. The Hall–Kier alpha value is -2.86. The smallest absolute Gasteiger partial charge is 0.260 e. The van der Waals surface area contributed by atoms with E-state index in [0.717, 1.165) is 6.54 Å². The molecule has 0 unspecified atom stereocenters. The van der Waals surface area contributed by atoms with E-state index in [9.17, 15) is 9.59 Å². The number of nitrogens with zero attached hydrogens (tertiary/aromatic N) is 2. The third-order valence-electron chi connectivity index (χ3n) is 7.51. The van der Waals surface area contributed by atoms with Gasteiger partial charge in [0.1, 0.15) is 5.75 Å². The van der Waals surface area contributed by atoms with Gasteiger partial charge in [-0.2, -0.15) is 0 Å². The summed E-state index contributed by atoms with van der Waals surface area (Å²) in [7, 11) is 2.23. The Morgan fingerprint density at radius 3 is 2.29 bits per heavy atom. The number of piperidine rings is 1. The van der Waals surface area contributed by atoms with Gasteiger partial charge in [-0.25, -0.2) is 0 Å². The first kappa shape index (κ1) is 25.2. The number of amides is 2. The van der Waals surface area contributed by atoms with Crippen molar-refractivity contribution in [1.82, 2.24) is 15.1 Å². The predicted octanol–water partition coefficient (Wildman–Crippen LogP) is 4.38. The van der Waals surface area contributed by atoms with Gasteiger partial charge in [-0.1, -0.05) is 61.7 Å². The van der Waals surface area contributed by atoms with Crippen LogP contribution in [-0.4, -0.2) is 54.4 Å². The number of hydrogen-bond donors (Lipinski definition) is 1. The summed E-state index contributed by atoms with van der Waals surface area (Å²) in [6.45, 7) is 2.70. The van der Waals surface area contributed by atoms with E-state index in [-0.39, 0.29) is 24.3 Å². The highest BCUT2D eigenvalue weighted by Gasteiger charge is 2.27. The third kappa shape index (κ3) is 7.31. The van der Waals surface area contributed by atoms with Gasteiger partial charge in [0.05, 0.1) is 0 Å². The molecule has 0 spiro atoms. The molecule has 1 aliphatic carbocycles. The van der Waals surface area contributed by atoms with E-state index in [2.05, 4.69) is 35.5 Å². The van der Waals surface area contributed by atoms with E-state index in [1.165, 1.54) is 43.2 Å². The van der Waals surface area contributed by atoms with Crippen molar-refractivity contribution in [3.05, 3.63) is 65.7 Å². The SMILES string of the molecule is CN(Cc1ccccc1CNC(=O)C1CCN(C(=O)COc2ccccc2)CC1)C1CCCCC1. The van der Waals surface area contributed by atoms with E-state index in [1.807, 2.05) is 41.3 Å². The minimum Gasteiger partial charge on any atom is -0.484 e. The minimum absolute atomic E-state index is 0.0243. The summed E-state index contributed by atoms with van der Waals surface area (Å²) in [4.78, 5) is 29.7. The summed E-state index contributed by atoms with van der Waals surface area (Å²) < 4.78 is 5.59. The number of benzene rings is 2. The monoisotopic (exact) mass is 477 g/mol. The molecule has 2 aromatic carbocycles. The van der Waals surface area contributed by atoms with E-state index in [0.29, 0.717) is 44.3 Å². The first-order valence-corrected chi connectivity index (χ1v) is 13.1. The number of hydrogen-bond acceptors (Lipinski definition) is 4. The van der Waals surface area contributed by atoms with Crippen molar-refractivity contribution in [3.63, 3.8) is 0 Å². The van der Waals surface area contributed by atoms with Gasteiger partial charge in [0.15, 0.2) is 6.61 Å². The Labute approximate surface area is 209 Å². The number of rotatable bonds is 9. The summed E-state index contributed by atoms with van der Waals surface area (Å²) >= 11 is 0. The fourth-order valence-electron chi connectivity index (χ4n) is 5.27. The molecule has 35 heavy (non-hydrogen) atoms. The number of likely N-dealkylation sites (tertiary alicyclic amines) is 1. The largest absolute Gasteiger partial charge is 0.484 e. The lowest BCUT2D eigenvalue weighted by molar-refractivity contribution is -0.137. The number of ether oxygens (including phenoxy) is 1. The normalized spacial score (nSPS) is 17.4. The zero-order valence-electron chi connectivity index (χ0n) is 21.0. The van der Waals surface area contributed by atoms with Gasteiger partial charge < -0.3 is 15.0 Å². The average molecular weight is 478 g/mol. The molecule has 4 rings (SSSR count). The molecule has 1 saturated heterocycles. The predicted molar refractivity (Wildman–Crippen MR) is 138 cm³/mol. The molecule has 0 bridgehead atoms. The summed E-state index contributed by atoms with van der Waals surface area (Å²) in [5.41, 5.74) is 2.48. The van der Waals surface area contributed by atoms with Crippen LogP contribution in [0.3, 0.4) is 0 Å². The number of nitrogens with one attached hydrogen (secondary N) is 1. The number of carbonyl (C=O) groups is 2. The molecule has 6 heteroatoms. The maximum absolute atomic E-state index is 12.9. The second-order valence-corrected chi connectivity index (χ2v) is 9.95. The molecule has 0 aromatic heterocycles. The van der Waals surface area contributed by atoms with Gasteiger partial charge in [0.2, 0.25) is 5.91 Å². The Morgan fingerprint density at radius 2 is 1.57 bits per heavy atom. The summed E-state index contributed by atoms with van der Waals surface area (Å²) in [6.07, 6.45) is 7.98. The number of para-hydroxylation sites is 1. The molecule has 2 fully saturated rings. The highest BCUT2D eigenvalue weighted by Crippen LogP contribution is 2.24. The zero-order valence-corrected chi connectivity index (χ0v) is 21.0. The quantitative estimate of drug-likeness (QED) is 0.582. The van der Waals surface area contributed by atoms with Crippen molar-refractivity contribution in [2.75, 3.05) is 26.7 Å². The first-order chi connectivity index (χ1) is 17.1. The molecule has 2 aromatic rings.